The molecule has 0 unspecified atom stereocenters. The molecule has 2 aromatic rings. The molecular formula is C8H7N5O. The van der Waals surface area contributed by atoms with E-state index in [1.807, 2.05) is 0 Å². The van der Waals surface area contributed by atoms with E-state index in [0.29, 0.717) is 5.69 Å². The molecule has 0 amide bonds. The Morgan fingerprint density at radius 2 is 2.14 bits per heavy atom. The van der Waals surface area contributed by atoms with E-state index in [1.165, 1.54) is 17.1 Å². The van der Waals surface area contributed by atoms with Gasteiger partial charge in [-0.3, -0.25) is 0 Å². The zero-order chi connectivity index (χ0) is 9.80. The summed E-state index contributed by atoms with van der Waals surface area (Å²) in [4.78, 5) is 1.20. The lowest BCUT2D eigenvalue weighted by atomic mass is 10.3. The molecule has 0 aliphatic heterocycles. The lowest BCUT2D eigenvalue weighted by Gasteiger charge is -1.94. The number of aromatic nitrogens is 3. The van der Waals surface area contributed by atoms with Gasteiger partial charge in [0.05, 0.1) is 12.4 Å². The van der Waals surface area contributed by atoms with Gasteiger partial charge in [0.25, 0.3) is 0 Å². The number of aromatic hydroxyl groups is 1. The van der Waals surface area contributed by atoms with E-state index in [2.05, 4.69) is 20.6 Å². The Hall–Kier alpha value is -2.24. The number of rotatable bonds is 2. The maximum absolute atomic E-state index is 9.34. The third kappa shape index (κ3) is 1.74. The van der Waals surface area contributed by atoms with Gasteiger partial charge in [0.1, 0.15) is 11.4 Å². The fourth-order valence-electron chi connectivity index (χ4n) is 0.892. The van der Waals surface area contributed by atoms with Crippen molar-refractivity contribution in [2.45, 2.75) is 0 Å². The third-order valence-electron chi connectivity index (χ3n) is 1.54. The van der Waals surface area contributed by atoms with Crippen molar-refractivity contribution in [2.24, 2.45) is 10.3 Å². The predicted molar refractivity (Wildman–Crippen MR) is 48.0 cm³/mol. The summed E-state index contributed by atoms with van der Waals surface area (Å²) in [5.74, 6) is 0.0800. The molecule has 70 valence electrons. The van der Waals surface area contributed by atoms with Crippen molar-refractivity contribution in [2.75, 3.05) is 0 Å². The third-order valence-corrected chi connectivity index (χ3v) is 1.54. The Morgan fingerprint density at radius 3 is 2.86 bits per heavy atom. The van der Waals surface area contributed by atoms with Crippen LogP contribution in [0.5, 0.6) is 5.75 Å². The molecule has 1 heterocycles. The van der Waals surface area contributed by atoms with Gasteiger partial charge in [0.15, 0.2) is 0 Å². The molecule has 1 aromatic carbocycles. The molecule has 1 N–H and O–H groups in total. The second-order valence-corrected chi connectivity index (χ2v) is 2.50. The second-order valence-electron chi connectivity index (χ2n) is 2.50. The number of hydrogen-bond acceptors (Lipinski definition) is 5. The first kappa shape index (κ1) is 8.36. The monoisotopic (exact) mass is 189 g/mol. The van der Waals surface area contributed by atoms with E-state index in [1.54, 1.807) is 24.4 Å². The van der Waals surface area contributed by atoms with Gasteiger partial charge >= 0.3 is 0 Å². The van der Waals surface area contributed by atoms with Crippen LogP contribution in [-0.2, 0) is 0 Å². The summed E-state index contributed by atoms with van der Waals surface area (Å²) in [7, 11) is 0. The highest BCUT2D eigenvalue weighted by Gasteiger charge is 1.95. The van der Waals surface area contributed by atoms with E-state index in [9.17, 15) is 5.11 Å². The molecule has 0 saturated heterocycles. The number of benzene rings is 1. The SMILES string of the molecule is Oc1ccccc1/N=N/n1ccnn1. The van der Waals surface area contributed by atoms with Gasteiger partial charge < -0.3 is 5.11 Å². The van der Waals surface area contributed by atoms with Crippen LogP contribution in [-0.4, -0.2) is 20.2 Å². The molecule has 14 heavy (non-hydrogen) atoms. The van der Waals surface area contributed by atoms with Crippen LogP contribution in [0.4, 0.5) is 5.69 Å². The summed E-state index contributed by atoms with van der Waals surface area (Å²) in [5, 5.41) is 24.0. The summed E-state index contributed by atoms with van der Waals surface area (Å²) in [5.41, 5.74) is 0.392. The van der Waals surface area contributed by atoms with Crippen LogP contribution < -0.4 is 0 Å². The molecule has 0 bridgehead atoms. The first-order chi connectivity index (χ1) is 6.86. The Kier molecular flexibility index (Phi) is 2.18. The second kappa shape index (κ2) is 3.65. The molecule has 0 radical (unpaired) electrons. The summed E-state index contributed by atoms with van der Waals surface area (Å²) in [6, 6.07) is 6.66. The Balaban J connectivity index is 2.23. The van der Waals surface area contributed by atoms with Crippen molar-refractivity contribution in [3.63, 3.8) is 0 Å². The minimum absolute atomic E-state index is 0.0800. The summed E-state index contributed by atoms with van der Waals surface area (Å²) >= 11 is 0. The zero-order valence-corrected chi connectivity index (χ0v) is 7.15. The molecule has 0 saturated carbocycles. The largest absolute Gasteiger partial charge is 0.506 e. The van der Waals surface area contributed by atoms with Crippen LogP contribution in [0.25, 0.3) is 0 Å². The number of phenols is 1. The molecule has 6 nitrogen and oxygen atoms in total. The molecule has 1 aromatic heterocycles. The van der Waals surface area contributed by atoms with Crippen molar-refractivity contribution < 1.29 is 5.11 Å². The maximum Gasteiger partial charge on any atom is 0.143 e. The number of nitrogens with zero attached hydrogens (tertiary/aromatic N) is 5. The van der Waals surface area contributed by atoms with Gasteiger partial charge in [-0.15, -0.1) is 15.0 Å². The van der Waals surface area contributed by atoms with Crippen molar-refractivity contribution in [3.05, 3.63) is 36.7 Å². The van der Waals surface area contributed by atoms with Crippen LogP contribution in [0.3, 0.4) is 0 Å². The van der Waals surface area contributed by atoms with Crippen molar-refractivity contribution in [1.82, 2.24) is 15.1 Å². The minimum atomic E-state index is 0.0800. The quantitative estimate of drug-likeness (QED) is 0.728. The topological polar surface area (TPSA) is 75.7 Å². The molecular weight excluding hydrogens is 182 g/mol. The molecule has 0 aliphatic carbocycles. The van der Waals surface area contributed by atoms with Gasteiger partial charge in [0.2, 0.25) is 0 Å². The Bertz CT molecular complexity index is 437. The fourth-order valence-corrected chi connectivity index (χ4v) is 0.892. The average molecular weight is 189 g/mol. The lowest BCUT2D eigenvalue weighted by molar-refractivity contribution is 0.475. The fraction of sp³-hybridized carbons (Fsp3) is 0. The van der Waals surface area contributed by atoms with Crippen molar-refractivity contribution in [1.29, 1.82) is 0 Å². The summed E-state index contributed by atoms with van der Waals surface area (Å²) < 4.78 is 0. The van der Waals surface area contributed by atoms with Gasteiger partial charge in [-0.2, -0.15) is 0 Å². The first-order valence-corrected chi connectivity index (χ1v) is 3.92. The molecule has 2 rings (SSSR count). The number of hydrogen-bond donors (Lipinski definition) is 1. The zero-order valence-electron chi connectivity index (χ0n) is 7.15. The van der Waals surface area contributed by atoms with Crippen LogP contribution in [0, 0.1) is 0 Å². The van der Waals surface area contributed by atoms with Crippen LogP contribution >= 0.6 is 0 Å². The van der Waals surface area contributed by atoms with Crippen LogP contribution in [0.2, 0.25) is 0 Å². The van der Waals surface area contributed by atoms with Crippen LogP contribution in [0.15, 0.2) is 47.0 Å². The smallest absolute Gasteiger partial charge is 0.143 e. The summed E-state index contributed by atoms with van der Waals surface area (Å²) in [6.07, 6.45) is 3.04. The van der Waals surface area contributed by atoms with E-state index in [4.69, 9.17) is 0 Å². The van der Waals surface area contributed by atoms with E-state index in [0.717, 1.165) is 0 Å². The van der Waals surface area contributed by atoms with E-state index >= 15 is 0 Å². The molecule has 0 spiro atoms. The van der Waals surface area contributed by atoms with Gasteiger partial charge in [-0.25, -0.2) is 0 Å². The van der Waals surface area contributed by atoms with E-state index in [-0.39, 0.29) is 5.75 Å². The van der Waals surface area contributed by atoms with E-state index < -0.39 is 0 Å². The molecule has 0 fully saturated rings. The van der Waals surface area contributed by atoms with Crippen LogP contribution in [0.1, 0.15) is 0 Å². The highest BCUT2D eigenvalue weighted by Crippen LogP contribution is 2.24. The average Bonchev–Trinajstić information content (AvgIpc) is 2.69. The normalized spacial score (nSPS) is 10.9. The maximum atomic E-state index is 9.34. The van der Waals surface area contributed by atoms with Gasteiger partial charge in [-0.1, -0.05) is 12.1 Å². The molecule has 0 aliphatic rings. The number of para-hydroxylation sites is 1. The van der Waals surface area contributed by atoms with Gasteiger partial charge in [0, 0.05) is 0 Å². The number of phenolic OH excluding ortho intramolecular Hbond substituents is 1. The Morgan fingerprint density at radius 1 is 1.29 bits per heavy atom. The lowest BCUT2D eigenvalue weighted by Crippen LogP contribution is -1.86. The predicted octanol–water partition coefficient (Wildman–Crippen LogP) is 1.53. The highest BCUT2D eigenvalue weighted by atomic mass is 16.3. The Labute approximate surface area is 79.5 Å². The minimum Gasteiger partial charge on any atom is -0.506 e. The molecule has 6 heteroatoms. The van der Waals surface area contributed by atoms with Crippen molar-refractivity contribution >= 4 is 5.69 Å². The molecule has 0 atom stereocenters. The highest BCUT2D eigenvalue weighted by molar-refractivity contribution is 5.49. The standard InChI is InChI=1S/C8H7N5O/c14-8-4-2-1-3-7(8)10-12-13-6-5-9-11-13/h1-6,14H/b12-10+. The van der Waals surface area contributed by atoms with Gasteiger partial charge in [-0.05, 0) is 22.6 Å². The first-order valence-electron chi connectivity index (χ1n) is 3.92. The summed E-state index contributed by atoms with van der Waals surface area (Å²) in [6.45, 7) is 0. The van der Waals surface area contributed by atoms with Crippen molar-refractivity contribution in [3.8, 4) is 5.75 Å².